The minimum Gasteiger partial charge on any atom is -0.341 e. The van der Waals surface area contributed by atoms with Crippen LogP contribution in [0.25, 0.3) is 5.69 Å². The molecule has 1 aromatic heterocycles. The van der Waals surface area contributed by atoms with Gasteiger partial charge in [0.15, 0.2) is 5.16 Å². The molecule has 6 nitrogen and oxygen atoms in total. The Morgan fingerprint density at radius 2 is 2.19 bits per heavy atom. The molecule has 0 saturated carbocycles. The number of amides is 3. The van der Waals surface area contributed by atoms with E-state index in [1.54, 1.807) is 6.20 Å². The predicted octanol–water partition coefficient (Wildman–Crippen LogP) is 1.73. The van der Waals surface area contributed by atoms with Crippen molar-refractivity contribution in [1.82, 2.24) is 20.2 Å². The molecule has 0 aliphatic heterocycles. The first-order valence-corrected chi connectivity index (χ1v) is 7.33. The molecule has 110 valence electrons. The van der Waals surface area contributed by atoms with Gasteiger partial charge in [0.2, 0.25) is 5.91 Å². The van der Waals surface area contributed by atoms with E-state index in [4.69, 9.17) is 0 Å². The van der Waals surface area contributed by atoms with E-state index in [0.29, 0.717) is 5.16 Å². The van der Waals surface area contributed by atoms with Crippen molar-refractivity contribution >= 4 is 23.7 Å². The van der Waals surface area contributed by atoms with Crippen LogP contribution in [0.3, 0.4) is 0 Å². The number of benzene rings is 1. The van der Waals surface area contributed by atoms with Crippen LogP contribution in [0, 0.1) is 6.92 Å². The van der Waals surface area contributed by atoms with Gasteiger partial charge in [-0.2, -0.15) is 0 Å². The second-order valence-electron chi connectivity index (χ2n) is 4.33. The van der Waals surface area contributed by atoms with E-state index in [9.17, 15) is 9.59 Å². The third-order valence-corrected chi connectivity index (χ3v) is 3.67. The Kier molecular flexibility index (Phi) is 4.99. The Hall–Kier alpha value is -2.28. The van der Waals surface area contributed by atoms with Crippen molar-refractivity contribution in [2.45, 2.75) is 12.1 Å². The number of imide groups is 1. The Labute approximate surface area is 126 Å². The molecule has 0 aliphatic rings. The Bertz CT molecular complexity index is 654. The first-order valence-electron chi connectivity index (χ1n) is 6.35. The monoisotopic (exact) mass is 304 g/mol. The van der Waals surface area contributed by atoms with Crippen LogP contribution in [-0.4, -0.2) is 34.3 Å². The van der Waals surface area contributed by atoms with E-state index in [0.717, 1.165) is 11.3 Å². The van der Waals surface area contributed by atoms with Gasteiger partial charge in [-0.1, -0.05) is 23.9 Å². The summed E-state index contributed by atoms with van der Waals surface area (Å²) in [5, 5.41) is 5.25. The zero-order valence-electron chi connectivity index (χ0n) is 11.8. The van der Waals surface area contributed by atoms with Gasteiger partial charge in [0.25, 0.3) is 0 Å². The van der Waals surface area contributed by atoms with Crippen LogP contribution in [0.1, 0.15) is 5.56 Å². The highest BCUT2D eigenvalue weighted by atomic mass is 32.2. The summed E-state index contributed by atoms with van der Waals surface area (Å²) in [5.74, 6) is -0.242. The molecular formula is C14H16N4O2S. The highest BCUT2D eigenvalue weighted by molar-refractivity contribution is 7.99. The number of thioether (sulfide) groups is 1. The number of nitrogens with zero attached hydrogens (tertiary/aromatic N) is 2. The van der Waals surface area contributed by atoms with Crippen LogP contribution in [0.2, 0.25) is 0 Å². The molecule has 1 heterocycles. The third kappa shape index (κ3) is 4.09. The molecule has 2 N–H and O–H groups in total. The summed E-state index contributed by atoms with van der Waals surface area (Å²) in [6, 6.07) is 7.49. The fourth-order valence-corrected chi connectivity index (χ4v) is 2.50. The van der Waals surface area contributed by atoms with Crippen LogP contribution in [0.15, 0.2) is 41.8 Å². The molecule has 0 unspecified atom stereocenters. The summed E-state index contributed by atoms with van der Waals surface area (Å²) < 4.78 is 1.91. The average Bonchev–Trinajstić information content (AvgIpc) is 2.93. The van der Waals surface area contributed by atoms with Crippen molar-refractivity contribution in [1.29, 1.82) is 0 Å². The van der Waals surface area contributed by atoms with Gasteiger partial charge in [0, 0.05) is 25.1 Å². The second kappa shape index (κ2) is 6.94. The number of rotatable bonds is 4. The normalized spacial score (nSPS) is 10.2. The maximum atomic E-state index is 11.6. The lowest BCUT2D eigenvalue weighted by molar-refractivity contribution is -0.117. The van der Waals surface area contributed by atoms with Crippen molar-refractivity contribution in [2.75, 3.05) is 12.8 Å². The predicted molar refractivity (Wildman–Crippen MR) is 81.6 cm³/mol. The lowest BCUT2D eigenvalue weighted by Gasteiger charge is -2.08. The molecule has 3 amide bonds. The molecule has 0 spiro atoms. The maximum absolute atomic E-state index is 11.6. The highest BCUT2D eigenvalue weighted by Crippen LogP contribution is 2.20. The van der Waals surface area contributed by atoms with Crippen molar-refractivity contribution < 1.29 is 9.59 Å². The van der Waals surface area contributed by atoms with Gasteiger partial charge >= 0.3 is 6.03 Å². The topological polar surface area (TPSA) is 76.0 Å². The van der Waals surface area contributed by atoms with Gasteiger partial charge in [-0.05, 0) is 24.6 Å². The number of hydrogen-bond donors (Lipinski definition) is 2. The van der Waals surface area contributed by atoms with Crippen LogP contribution >= 0.6 is 11.8 Å². The number of nitrogens with one attached hydrogen (secondary N) is 2. The summed E-state index contributed by atoms with van der Waals surface area (Å²) in [5.41, 5.74) is 2.14. The van der Waals surface area contributed by atoms with Crippen LogP contribution in [0.5, 0.6) is 0 Å². The Morgan fingerprint density at radius 1 is 1.38 bits per heavy atom. The number of imidazole rings is 1. The molecule has 0 saturated heterocycles. The SMILES string of the molecule is CNC(=O)NC(=O)CSc1nccn1-c1cccc(C)c1. The molecule has 1 aromatic carbocycles. The molecule has 2 rings (SSSR count). The van der Waals surface area contributed by atoms with Crippen molar-refractivity contribution in [2.24, 2.45) is 0 Å². The van der Waals surface area contributed by atoms with E-state index in [1.165, 1.54) is 18.8 Å². The zero-order valence-corrected chi connectivity index (χ0v) is 12.6. The van der Waals surface area contributed by atoms with E-state index < -0.39 is 6.03 Å². The average molecular weight is 304 g/mol. The van der Waals surface area contributed by atoms with Crippen LogP contribution in [-0.2, 0) is 4.79 Å². The van der Waals surface area contributed by atoms with Crippen molar-refractivity contribution in [3.63, 3.8) is 0 Å². The summed E-state index contributed by atoms with van der Waals surface area (Å²) in [7, 11) is 1.46. The quantitative estimate of drug-likeness (QED) is 0.844. The van der Waals surface area contributed by atoms with Gasteiger partial charge in [-0.3, -0.25) is 14.7 Å². The Balaban J connectivity index is 2.04. The van der Waals surface area contributed by atoms with E-state index in [1.807, 2.05) is 42.0 Å². The first-order chi connectivity index (χ1) is 10.1. The minimum absolute atomic E-state index is 0.121. The fourth-order valence-electron chi connectivity index (χ4n) is 1.73. The van der Waals surface area contributed by atoms with E-state index >= 15 is 0 Å². The summed E-state index contributed by atoms with van der Waals surface area (Å²) in [4.78, 5) is 26.9. The van der Waals surface area contributed by atoms with E-state index in [2.05, 4.69) is 15.6 Å². The van der Waals surface area contributed by atoms with Crippen molar-refractivity contribution in [3.05, 3.63) is 42.2 Å². The molecule has 0 fully saturated rings. The van der Waals surface area contributed by atoms with Crippen molar-refractivity contribution in [3.8, 4) is 5.69 Å². The number of urea groups is 1. The number of carbonyl (C=O) groups excluding carboxylic acids is 2. The number of aromatic nitrogens is 2. The van der Waals surface area contributed by atoms with Gasteiger partial charge in [0.1, 0.15) is 0 Å². The highest BCUT2D eigenvalue weighted by Gasteiger charge is 2.10. The van der Waals surface area contributed by atoms with Gasteiger partial charge in [-0.25, -0.2) is 9.78 Å². The summed E-state index contributed by atoms with van der Waals surface area (Å²) >= 11 is 1.27. The fraction of sp³-hybridized carbons (Fsp3) is 0.214. The van der Waals surface area contributed by atoms with E-state index in [-0.39, 0.29) is 11.7 Å². The first kappa shape index (κ1) is 15.1. The lowest BCUT2D eigenvalue weighted by atomic mass is 10.2. The molecule has 21 heavy (non-hydrogen) atoms. The van der Waals surface area contributed by atoms with Crippen LogP contribution in [0.4, 0.5) is 4.79 Å². The van der Waals surface area contributed by atoms with Crippen LogP contribution < -0.4 is 10.6 Å². The molecule has 0 aliphatic carbocycles. The largest absolute Gasteiger partial charge is 0.341 e. The maximum Gasteiger partial charge on any atom is 0.321 e. The third-order valence-electron chi connectivity index (χ3n) is 2.70. The number of carbonyl (C=O) groups is 2. The van der Waals surface area contributed by atoms with Gasteiger partial charge < -0.3 is 5.32 Å². The lowest BCUT2D eigenvalue weighted by Crippen LogP contribution is -2.38. The van der Waals surface area contributed by atoms with Gasteiger partial charge in [-0.15, -0.1) is 0 Å². The molecule has 0 atom stereocenters. The molecule has 2 aromatic rings. The summed E-state index contributed by atoms with van der Waals surface area (Å²) in [6.45, 7) is 2.02. The smallest absolute Gasteiger partial charge is 0.321 e. The van der Waals surface area contributed by atoms with Gasteiger partial charge in [0.05, 0.1) is 5.75 Å². The number of aryl methyl sites for hydroxylation is 1. The zero-order chi connectivity index (χ0) is 15.2. The molecule has 0 radical (unpaired) electrons. The summed E-state index contributed by atoms with van der Waals surface area (Å²) in [6.07, 6.45) is 3.52. The minimum atomic E-state index is -0.511. The Morgan fingerprint density at radius 3 is 2.90 bits per heavy atom. The standard InChI is InChI=1S/C14H16N4O2S/c1-10-4-3-5-11(8-10)18-7-6-16-14(18)21-9-12(19)17-13(20)15-2/h3-8H,9H2,1-2H3,(H2,15,17,19,20). The molecular weight excluding hydrogens is 288 g/mol. The molecule has 7 heteroatoms. The molecule has 0 bridgehead atoms. The second-order valence-corrected chi connectivity index (χ2v) is 5.28. The number of hydrogen-bond acceptors (Lipinski definition) is 4.